The average Bonchev–Trinajstić information content (AvgIpc) is 3.21. The van der Waals surface area contributed by atoms with Gasteiger partial charge in [-0.1, -0.05) is 6.92 Å². The highest BCUT2D eigenvalue weighted by Crippen LogP contribution is 2.25. The first-order valence-electron chi connectivity index (χ1n) is 7.45. The molecule has 4 heteroatoms. The molecule has 0 bridgehead atoms. The third kappa shape index (κ3) is 3.87. The number of aliphatic imine (C=N–C) groups is 1. The second kappa shape index (κ2) is 6.41. The molecule has 0 aromatic heterocycles. The molecule has 0 aromatic carbocycles. The van der Waals surface area contributed by atoms with E-state index in [4.69, 9.17) is 5.73 Å². The molecule has 18 heavy (non-hydrogen) atoms. The van der Waals surface area contributed by atoms with Crippen LogP contribution in [0.5, 0.6) is 0 Å². The van der Waals surface area contributed by atoms with Gasteiger partial charge < -0.3 is 15.5 Å². The summed E-state index contributed by atoms with van der Waals surface area (Å²) in [4.78, 5) is 9.30. The van der Waals surface area contributed by atoms with Crippen LogP contribution in [-0.4, -0.2) is 55.0 Å². The van der Waals surface area contributed by atoms with Gasteiger partial charge in [0.2, 0.25) is 0 Å². The van der Waals surface area contributed by atoms with Crippen LogP contribution in [0.25, 0.3) is 0 Å². The monoisotopic (exact) mass is 252 g/mol. The molecular weight excluding hydrogens is 224 g/mol. The quantitative estimate of drug-likeness (QED) is 0.596. The van der Waals surface area contributed by atoms with Crippen LogP contribution < -0.4 is 5.73 Å². The van der Waals surface area contributed by atoms with Crippen LogP contribution >= 0.6 is 0 Å². The van der Waals surface area contributed by atoms with E-state index in [-0.39, 0.29) is 0 Å². The molecule has 0 atom stereocenters. The number of hydrogen-bond donors (Lipinski definition) is 1. The van der Waals surface area contributed by atoms with Gasteiger partial charge in [-0.25, -0.2) is 0 Å². The standard InChI is InChI=1S/C14H28N4/c1-3-8-18-9-6-12(7-10-18)11-16-14(15)17(2)13-4-5-13/h12-13H,3-11H2,1-2H3,(H2,15,16). The van der Waals surface area contributed by atoms with Crippen molar-refractivity contribution in [1.82, 2.24) is 9.80 Å². The predicted molar refractivity (Wildman–Crippen MR) is 76.7 cm³/mol. The minimum atomic E-state index is 0.667. The molecule has 0 amide bonds. The van der Waals surface area contributed by atoms with E-state index in [1.807, 2.05) is 0 Å². The molecule has 2 fully saturated rings. The molecular formula is C14H28N4. The molecule has 1 heterocycles. The lowest BCUT2D eigenvalue weighted by Crippen LogP contribution is -2.37. The second-order valence-electron chi connectivity index (χ2n) is 5.83. The molecule has 0 radical (unpaired) electrons. The zero-order chi connectivity index (χ0) is 13.0. The van der Waals surface area contributed by atoms with Gasteiger partial charge in [-0.15, -0.1) is 0 Å². The molecule has 1 saturated carbocycles. The molecule has 0 spiro atoms. The van der Waals surface area contributed by atoms with E-state index in [1.165, 1.54) is 51.7 Å². The number of rotatable bonds is 5. The van der Waals surface area contributed by atoms with Gasteiger partial charge in [0.1, 0.15) is 0 Å². The first kappa shape index (κ1) is 13.7. The Hall–Kier alpha value is -0.770. The maximum absolute atomic E-state index is 6.02. The van der Waals surface area contributed by atoms with Crippen molar-refractivity contribution in [2.24, 2.45) is 16.6 Å². The lowest BCUT2D eigenvalue weighted by molar-refractivity contribution is 0.188. The zero-order valence-electron chi connectivity index (χ0n) is 11.9. The minimum Gasteiger partial charge on any atom is -0.370 e. The maximum atomic E-state index is 6.02. The Morgan fingerprint density at radius 1 is 1.28 bits per heavy atom. The van der Waals surface area contributed by atoms with Crippen molar-refractivity contribution in [3.05, 3.63) is 0 Å². The van der Waals surface area contributed by atoms with E-state index in [1.54, 1.807) is 0 Å². The molecule has 0 unspecified atom stereocenters. The maximum Gasteiger partial charge on any atom is 0.191 e. The van der Waals surface area contributed by atoms with Crippen LogP contribution in [0.1, 0.15) is 39.0 Å². The Balaban J connectivity index is 1.69. The number of hydrogen-bond acceptors (Lipinski definition) is 2. The summed E-state index contributed by atoms with van der Waals surface area (Å²) in [6, 6.07) is 0.667. The summed E-state index contributed by atoms with van der Waals surface area (Å²) in [7, 11) is 2.07. The Bertz CT molecular complexity index is 278. The minimum absolute atomic E-state index is 0.667. The molecule has 4 nitrogen and oxygen atoms in total. The number of guanidine groups is 1. The van der Waals surface area contributed by atoms with E-state index in [2.05, 4.69) is 28.8 Å². The normalized spacial score (nSPS) is 23.3. The molecule has 2 N–H and O–H groups in total. The van der Waals surface area contributed by atoms with Crippen molar-refractivity contribution in [1.29, 1.82) is 0 Å². The Morgan fingerprint density at radius 2 is 1.94 bits per heavy atom. The predicted octanol–water partition coefficient (Wildman–Crippen LogP) is 1.52. The summed E-state index contributed by atoms with van der Waals surface area (Å²) < 4.78 is 0. The third-order valence-electron chi connectivity index (χ3n) is 4.21. The SMILES string of the molecule is CCCN1CCC(CN=C(N)N(C)C2CC2)CC1. The molecule has 0 aromatic rings. The Labute approximate surface area is 111 Å². The summed E-state index contributed by atoms with van der Waals surface area (Å²) in [5.41, 5.74) is 6.02. The molecule has 1 aliphatic heterocycles. The van der Waals surface area contributed by atoms with Crippen LogP contribution in [0.4, 0.5) is 0 Å². The number of nitrogens with zero attached hydrogens (tertiary/aromatic N) is 3. The highest BCUT2D eigenvalue weighted by Gasteiger charge is 2.27. The van der Waals surface area contributed by atoms with Crippen LogP contribution in [0.2, 0.25) is 0 Å². The topological polar surface area (TPSA) is 44.9 Å². The molecule has 2 aliphatic rings. The van der Waals surface area contributed by atoms with E-state index in [0.717, 1.165) is 18.4 Å². The van der Waals surface area contributed by atoms with Crippen LogP contribution in [0, 0.1) is 5.92 Å². The van der Waals surface area contributed by atoms with Crippen LogP contribution in [0.15, 0.2) is 4.99 Å². The lowest BCUT2D eigenvalue weighted by Gasteiger charge is -2.31. The lowest BCUT2D eigenvalue weighted by atomic mass is 9.97. The summed E-state index contributed by atoms with van der Waals surface area (Å²) in [5.74, 6) is 1.48. The zero-order valence-corrected chi connectivity index (χ0v) is 11.9. The van der Waals surface area contributed by atoms with E-state index in [0.29, 0.717) is 6.04 Å². The van der Waals surface area contributed by atoms with E-state index >= 15 is 0 Å². The average molecular weight is 252 g/mol. The van der Waals surface area contributed by atoms with E-state index in [9.17, 15) is 0 Å². The highest BCUT2D eigenvalue weighted by molar-refractivity contribution is 5.78. The van der Waals surface area contributed by atoms with Crippen molar-refractivity contribution in [2.45, 2.75) is 45.1 Å². The van der Waals surface area contributed by atoms with E-state index < -0.39 is 0 Å². The summed E-state index contributed by atoms with van der Waals surface area (Å²) in [6.45, 7) is 6.91. The fourth-order valence-corrected chi connectivity index (χ4v) is 2.69. The van der Waals surface area contributed by atoms with Crippen LogP contribution in [0.3, 0.4) is 0 Å². The van der Waals surface area contributed by atoms with Crippen molar-refractivity contribution < 1.29 is 0 Å². The number of piperidine rings is 1. The molecule has 104 valence electrons. The first-order valence-corrected chi connectivity index (χ1v) is 7.45. The van der Waals surface area contributed by atoms with Gasteiger partial charge in [0.25, 0.3) is 0 Å². The van der Waals surface area contributed by atoms with Crippen molar-refractivity contribution in [3.8, 4) is 0 Å². The van der Waals surface area contributed by atoms with Gasteiger partial charge in [0, 0.05) is 19.6 Å². The van der Waals surface area contributed by atoms with Gasteiger partial charge in [-0.2, -0.15) is 0 Å². The Morgan fingerprint density at radius 3 is 2.50 bits per heavy atom. The van der Waals surface area contributed by atoms with Gasteiger partial charge in [-0.3, -0.25) is 4.99 Å². The fourth-order valence-electron chi connectivity index (χ4n) is 2.69. The van der Waals surface area contributed by atoms with Crippen molar-refractivity contribution >= 4 is 5.96 Å². The second-order valence-corrected chi connectivity index (χ2v) is 5.83. The smallest absolute Gasteiger partial charge is 0.191 e. The summed E-state index contributed by atoms with van der Waals surface area (Å²) >= 11 is 0. The van der Waals surface area contributed by atoms with Crippen LogP contribution in [-0.2, 0) is 0 Å². The fraction of sp³-hybridized carbons (Fsp3) is 0.929. The van der Waals surface area contributed by atoms with Crippen molar-refractivity contribution in [3.63, 3.8) is 0 Å². The van der Waals surface area contributed by atoms with Gasteiger partial charge in [0.05, 0.1) is 0 Å². The first-order chi connectivity index (χ1) is 8.70. The van der Waals surface area contributed by atoms with Gasteiger partial charge >= 0.3 is 0 Å². The van der Waals surface area contributed by atoms with Crippen molar-refractivity contribution in [2.75, 3.05) is 33.2 Å². The summed E-state index contributed by atoms with van der Waals surface area (Å²) in [6.07, 6.45) is 6.39. The molecule has 1 saturated heterocycles. The van der Waals surface area contributed by atoms with Gasteiger partial charge in [0.15, 0.2) is 5.96 Å². The highest BCUT2D eigenvalue weighted by atomic mass is 15.3. The third-order valence-corrected chi connectivity index (χ3v) is 4.21. The Kier molecular flexibility index (Phi) is 4.87. The largest absolute Gasteiger partial charge is 0.370 e. The summed E-state index contributed by atoms with van der Waals surface area (Å²) in [5, 5.41) is 0. The number of likely N-dealkylation sites (tertiary alicyclic amines) is 1. The molecule has 1 aliphatic carbocycles. The van der Waals surface area contributed by atoms with Gasteiger partial charge in [-0.05, 0) is 57.7 Å². The molecule has 2 rings (SSSR count). The number of nitrogens with two attached hydrogens (primary N) is 1.